The Labute approximate surface area is 138 Å². The first-order chi connectivity index (χ1) is 11.0. The smallest absolute Gasteiger partial charge is 0.255 e. The van der Waals surface area contributed by atoms with Gasteiger partial charge in [-0.25, -0.2) is 0 Å². The van der Waals surface area contributed by atoms with Crippen LogP contribution in [-0.4, -0.2) is 34.7 Å². The van der Waals surface area contributed by atoms with E-state index in [0.29, 0.717) is 25.1 Å². The van der Waals surface area contributed by atoms with Crippen molar-refractivity contribution in [2.75, 3.05) is 13.1 Å². The topological polar surface area (TPSA) is 50.3 Å². The van der Waals surface area contributed by atoms with E-state index in [4.69, 9.17) is 0 Å². The summed E-state index contributed by atoms with van der Waals surface area (Å²) in [4.78, 5) is 30.0. The second-order valence-electron chi connectivity index (χ2n) is 5.26. The zero-order valence-corrected chi connectivity index (χ0v) is 14.7. The molecule has 0 unspecified atom stereocenters. The van der Waals surface area contributed by atoms with Crippen LogP contribution in [0.15, 0.2) is 36.2 Å². The van der Waals surface area contributed by atoms with E-state index in [-0.39, 0.29) is 11.7 Å². The fourth-order valence-electron chi connectivity index (χ4n) is 2.38. The summed E-state index contributed by atoms with van der Waals surface area (Å²) in [5.41, 5.74) is 3.08. The van der Waals surface area contributed by atoms with Crippen LogP contribution < -0.4 is 0 Å². The Morgan fingerprint density at radius 1 is 1.13 bits per heavy atom. The fraction of sp³-hybridized carbons (Fsp3) is 0.421. The molecule has 1 aromatic heterocycles. The molecule has 4 nitrogen and oxygen atoms in total. The molecular weight excluding hydrogens is 288 g/mol. The van der Waals surface area contributed by atoms with Gasteiger partial charge in [-0.05, 0) is 57.4 Å². The van der Waals surface area contributed by atoms with Crippen molar-refractivity contribution < 1.29 is 9.59 Å². The number of amides is 1. The fourth-order valence-corrected chi connectivity index (χ4v) is 2.38. The minimum atomic E-state index is -0.0222. The van der Waals surface area contributed by atoms with Crippen LogP contribution in [0.5, 0.6) is 0 Å². The van der Waals surface area contributed by atoms with E-state index in [2.05, 4.69) is 4.98 Å². The summed E-state index contributed by atoms with van der Waals surface area (Å²) in [5, 5.41) is 0. The lowest BCUT2D eigenvalue weighted by Gasteiger charge is -2.18. The number of ketones is 1. The zero-order valence-electron chi connectivity index (χ0n) is 14.7. The number of hydrogen-bond donors (Lipinski definition) is 0. The Morgan fingerprint density at radius 2 is 1.74 bits per heavy atom. The van der Waals surface area contributed by atoms with Crippen LogP contribution in [0.3, 0.4) is 0 Å². The summed E-state index contributed by atoms with van der Waals surface area (Å²) in [7, 11) is 0. The molecule has 0 radical (unpaired) electrons. The first kappa shape index (κ1) is 18.8. The maximum Gasteiger partial charge on any atom is 0.255 e. The Bertz CT molecular complexity index is 626. The van der Waals surface area contributed by atoms with E-state index in [9.17, 15) is 9.59 Å². The van der Waals surface area contributed by atoms with Gasteiger partial charge in [-0.1, -0.05) is 13.0 Å². The minimum absolute atomic E-state index is 0.0222. The quantitative estimate of drug-likeness (QED) is 0.566. The highest BCUT2D eigenvalue weighted by atomic mass is 16.2. The molecule has 1 amide bonds. The first-order valence-electron chi connectivity index (χ1n) is 8.10. The van der Waals surface area contributed by atoms with Crippen molar-refractivity contribution in [1.82, 2.24) is 9.88 Å². The van der Waals surface area contributed by atoms with Gasteiger partial charge in [0.2, 0.25) is 0 Å². The lowest BCUT2D eigenvalue weighted by atomic mass is 10.00. The average Bonchev–Trinajstić information content (AvgIpc) is 2.56. The van der Waals surface area contributed by atoms with Crippen molar-refractivity contribution in [1.29, 1.82) is 0 Å². The SMILES string of the molecule is C/C=C(/C=C(/CC)C(C)=O)c1cncc(C(=O)N(CC)CC)c1. The number of pyridine rings is 1. The van der Waals surface area contributed by atoms with Gasteiger partial charge in [0.25, 0.3) is 5.91 Å². The molecule has 0 aliphatic heterocycles. The minimum Gasteiger partial charge on any atom is -0.339 e. The third-order valence-corrected chi connectivity index (χ3v) is 3.84. The Kier molecular flexibility index (Phi) is 7.39. The largest absolute Gasteiger partial charge is 0.339 e. The monoisotopic (exact) mass is 314 g/mol. The number of carbonyl (C=O) groups excluding carboxylic acids is 2. The Hall–Kier alpha value is -2.23. The van der Waals surface area contributed by atoms with E-state index < -0.39 is 0 Å². The lowest BCUT2D eigenvalue weighted by Crippen LogP contribution is -2.30. The summed E-state index contributed by atoms with van der Waals surface area (Å²) in [6, 6.07) is 1.84. The van der Waals surface area contributed by atoms with Crippen molar-refractivity contribution in [3.63, 3.8) is 0 Å². The number of carbonyl (C=O) groups is 2. The van der Waals surface area contributed by atoms with E-state index in [1.165, 1.54) is 0 Å². The molecule has 0 bridgehead atoms. The van der Waals surface area contributed by atoms with Crippen LogP contribution in [0.2, 0.25) is 0 Å². The van der Waals surface area contributed by atoms with Crippen LogP contribution >= 0.6 is 0 Å². The third kappa shape index (κ3) is 4.88. The number of aromatic nitrogens is 1. The third-order valence-electron chi connectivity index (χ3n) is 3.84. The molecule has 0 saturated heterocycles. The van der Waals surface area contributed by atoms with Gasteiger partial charge in [0.05, 0.1) is 5.56 Å². The highest BCUT2D eigenvalue weighted by molar-refractivity contribution is 5.97. The van der Waals surface area contributed by atoms with Crippen LogP contribution in [0.1, 0.15) is 57.0 Å². The molecule has 1 aromatic rings. The number of nitrogens with zero attached hydrogens (tertiary/aromatic N) is 2. The van der Waals surface area contributed by atoms with Gasteiger partial charge in [-0.2, -0.15) is 0 Å². The van der Waals surface area contributed by atoms with Gasteiger partial charge in [-0.15, -0.1) is 0 Å². The molecule has 0 saturated carbocycles. The van der Waals surface area contributed by atoms with Crippen LogP contribution in [0, 0.1) is 0 Å². The van der Waals surface area contributed by atoms with Gasteiger partial charge in [0, 0.05) is 31.0 Å². The maximum absolute atomic E-state index is 12.5. The molecule has 0 spiro atoms. The predicted molar refractivity (Wildman–Crippen MR) is 94.2 cm³/mol. The van der Waals surface area contributed by atoms with Crippen molar-refractivity contribution in [3.8, 4) is 0 Å². The molecule has 0 aromatic carbocycles. The lowest BCUT2D eigenvalue weighted by molar-refractivity contribution is -0.113. The van der Waals surface area contributed by atoms with Crippen LogP contribution in [-0.2, 0) is 4.79 Å². The molecule has 1 heterocycles. The molecule has 4 heteroatoms. The van der Waals surface area contributed by atoms with Gasteiger partial charge < -0.3 is 4.90 Å². The summed E-state index contributed by atoms with van der Waals surface area (Å²) in [6.07, 6.45) is 7.80. The molecule has 0 N–H and O–H groups in total. The molecule has 124 valence electrons. The number of Topliss-reactive ketones (excluding diaryl/α,β-unsaturated/α-hetero) is 1. The summed E-state index contributed by atoms with van der Waals surface area (Å²) >= 11 is 0. The molecular formula is C19H26N2O2. The standard InChI is InChI=1S/C19H26N2O2/c1-6-15(14(5)22)10-16(7-2)17-11-18(13-20-12-17)19(23)21(8-3)9-4/h7,10-13H,6,8-9H2,1-5H3/b15-10-,16-7-. The van der Waals surface area contributed by atoms with E-state index in [1.807, 2.05) is 45.9 Å². The molecule has 1 rings (SSSR count). The van der Waals surface area contributed by atoms with Crippen molar-refractivity contribution in [2.45, 2.75) is 41.0 Å². The molecule has 0 aliphatic rings. The molecule has 0 fully saturated rings. The highest BCUT2D eigenvalue weighted by Crippen LogP contribution is 2.20. The van der Waals surface area contributed by atoms with Crippen molar-refractivity contribution in [2.24, 2.45) is 0 Å². The Balaban J connectivity index is 3.21. The average molecular weight is 314 g/mol. The normalized spacial score (nSPS) is 12.2. The van der Waals surface area contributed by atoms with E-state index in [1.54, 1.807) is 24.2 Å². The van der Waals surface area contributed by atoms with Crippen LogP contribution in [0.4, 0.5) is 0 Å². The first-order valence-corrected chi connectivity index (χ1v) is 8.10. The van der Waals surface area contributed by atoms with Gasteiger partial charge in [0.15, 0.2) is 5.78 Å². The number of hydrogen-bond acceptors (Lipinski definition) is 3. The maximum atomic E-state index is 12.5. The highest BCUT2D eigenvalue weighted by Gasteiger charge is 2.14. The number of allylic oxidation sites excluding steroid dienone is 4. The summed E-state index contributed by atoms with van der Waals surface area (Å²) in [6.45, 7) is 10.7. The summed E-state index contributed by atoms with van der Waals surface area (Å²) < 4.78 is 0. The van der Waals surface area contributed by atoms with E-state index in [0.717, 1.165) is 16.7 Å². The van der Waals surface area contributed by atoms with Gasteiger partial charge in [0.1, 0.15) is 0 Å². The van der Waals surface area contributed by atoms with Crippen LogP contribution in [0.25, 0.3) is 5.57 Å². The van der Waals surface area contributed by atoms with E-state index >= 15 is 0 Å². The van der Waals surface area contributed by atoms with Gasteiger partial charge in [-0.3, -0.25) is 14.6 Å². The summed E-state index contributed by atoms with van der Waals surface area (Å²) in [5.74, 6) is 0.0428. The molecule has 0 aliphatic carbocycles. The molecule has 0 atom stereocenters. The molecule has 23 heavy (non-hydrogen) atoms. The second-order valence-corrected chi connectivity index (χ2v) is 5.26. The number of rotatable bonds is 7. The zero-order chi connectivity index (χ0) is 17.4. The second kappa shape index (κ2) is 9.03. The van der Waals surface area contributed by atoms with Crippen molar-refractivity contribution in [3.05, 3.63) is 47.3 Å². The predicted octanol–water partition coefficient (Wildman–Crippen LogP) is 3.89. The van der Waals surface area contributed by atoms with Crippen molar-refractivity contribution >= 4 is 17.3 Å². The van der Waals surface area contributed by atoms with Gasteiger partial charge >= 0.3 is 0 Å². The Morgan fingerprint density at radius 3 is 2.22 bits per heavy atom.